The van der Waals surface area contributed by atoms with Crippen molar-refractivity contribution >= 4 is 15.9 Å². The second kappa shape index (κ2) is 9.32. The van der Waals surface area contributed by atoms with Crippen LogP contribution in [0.1, 0.15) is 34.3 Å². The van der Waals surface area contributed by atoms with E-state index in [9.17, 15) is 13.2 Å². The molecule has 2 N–H and O–H groups in total. The maximum Gasteiger partial charge on any atom is 0.251 e. The number of amides is 1. The number of benzene rings is 2. The average Bonchev–Trinajstić information content (AvgIpc) is 3.20. The van der Waals surface area contributed by atoms with E-state index in [-0.39, 0.29) is 23.5 Å². The van der Waals surface area contributed by atoms with E-state index < -0.39 is 10.0 Å². The summed E-state index contributed by atoms with van der Waals surface area (Å²) in [5, 5.41) is 2.87. The van der Waals surface area contributed by atoms with E-state index in [2.05, 4.69) is 16.1 Å². The van der Waals surface area contributed by atoms with Crippen LogP contribution in [0.2, 0.25) is 0 Å². The van der Waals surface area contributed by atoms with Gasteiger partial charge in [0, 0.05) is 25.3 Å². The Bertz CT molecular complexity index is 904. The molecular formula is C21H26N2O4S. The van der Waals surface area contributed by atoms with Crippen LogP contribution in [0, 0.1) is 6.92 Å². The van der Waals surface area contributed by atoms with Crippen LogP contribution in [0.25, 0.3) is 0 Å². The molecule has 1 amide bonds. The lowest BCUT2D eigenvalue weighted by molar-refractivity contribution is 0.0954. The zero-order valence-electron chi connectivity index (χ0n) is 16.0. The summed E-state index contributed by atoms with van der Waals surface area (Å²) < 4.78 is 32.7. The van der Waals surface area contributed by atoms with Crippen molar-refractivity contribution in [2.75, 3.05) is 19.7 Å². The van der Waals surface area contributed by atoms with Crippen molar-refractivity contribution in [3.63, 3.8) is 0 Å². The molecule has 0 radical (unpaired) electrons. The lowest BCUT2D eigenvalue weighted by Crippen LogP contribution is -2.32. The van der Waals surface area contributed by atoms with Gasteiger partial charge in [-0.05, 0) is 56.0 Å². The van der Waals surface area contributed by atoms with Gasteiger partial charge in [0.15, 0.2) is 0 Å². The Balaban J connectivity index is 1.51. The maximum atomic E-state index is 12.4. The Labute approximate surface area is 166 Å². The predicted octanol–water partition coefficient (Wildman–Crippen LogP) is 2.42. The normalized spacial score (nSPS) is 16.8. The molecule has 3 rings (SSSR count). The van der Waals surface area contributed by atoms with Gasteiger partial charge in [0.2, 0.25) is 10.0 Å². The van der Waals surface area contributed by atoms with E-state index in [1.54, 1.807) is 0 Å². The first-order valence-electron chi connectivity index (χ1n) is 9.49. The highest BCUT2D eigenvalue weighted by Gasteiger charge is 2.20. The van der Waals surface area contributed by atoms with Crippen LogP contribution in [0.4, 0.5) is 0 Å². The minimum absolute atomic E-state index is 0.0618. The number of nitrogens with one attached hydrogen (secondary N) is 2. The van der Waals surface area contributed by atoms with Gasteiger partial charge in [-0.2, -0.15) is 0 Å². The van der Waals surface area contributed by atoms with Crippen molar-refractivity contribution in [1.29, 1.82) is 0 Å². The fourth-order valence-corrected chi connectivity index (χ4v) is 4.23. The smallest absolute Gasteiger partial charge is 0.251 e. The Hall–Kier alpha value is -2.22. The third kappa shape index (κ3) is 5.64. The SMILES string of the molecule is Cc1cccc(CCNC(=O)c2ccc(S(=O)(=O)NCC3CCCO3)cc2)c1. The van der Waals surface area contributed by atoms with Gasteiger partial charge >= 0.3 is 0 Å². The van der Waals surface area contributed by atoms with Crippen molar-refractivity contribution in [3.8, 4) is 0 Å². The molecule has 1 unspecified atom stereocenters. The fraction of sp³-hybridized carbons (Fsp3) is 0.381. The van der Waals surface area contributed by atoms with Crippen LogP contribution in [0.15, 0.2) is 53.4 Å². The van der Waals surface area contributed by atoms with Crippen LogP contribution in [-0.4, -0.2) is 40.1 Å². The Morgan fingerprint density at radius 3 is 2.64 bits per heavy atom. The summed E-state index contributed by atoms with van der Waals surface area (Å²) >= 11 is 0. The molecule has 0 aromatic heterocycles. The van der Waals surface area contributed by atoms with Crippen molar-refractivity contribution < 1.29 is 17.9 Å². The molecule has 0 aliphatic carbocycles. The highest BCUT2D eigenvalue weighted by atomic mass is 32.2. The molecule has 2 aromatic carbocycles. The first-order valence-corrected chi connectivity index (χ1v) is 11.0. The number of carbonyl (C=O) groups is 1. The van der Waals surface area contributed by atoms with E-state index in [4.69, 9.17) is 4.74 Å². The zero-order chi connectivity index (χ0) is 20.0. The van der Waals surface area contributed by atoms with Gasteiger partial charge in [0.25, 0.3) is 5.91 Å². The highest BCUT2D eigenvalue weighted by Crippen LogP contribution is 2.14. The predicted molar refractivity (Wildman–Crippen MR) is 108 cm³/mol. The molecule has 0 spiro atoms. The van der Waals surface area contributed by atoms with Crippen LogP contribution in [0.3, 0.4) is 0 Å². The van der Waals surface area contributed by atoms with Crippen molar-refractivity contribution in [2.24, 2.45) is 0 Å². The van der Waals surface area contributed by atoms with Crippen LogP contribution < -0.4 is 10.0 Å². The highest BCUT2D eigenvalue weighted by molar-refractivity contribution is 7.89. The number of rotatable bonds is 8. The first kappa shape index (κ1) is 20.5. The second-order valence-electron chi connectivity index (χ2n) is 7.01. The summed E-state index contributed by atoms with van der Waals surface area (Å²) in [4.78, 5) is 12.4. The minimum atomic E-state index is -3.61. The molecule has 1 aliphatic heterocycles. The number of aryl methyl sites for hydroxylation is 1. The van der Waals surface area contributed by atoms with Gasteiger partial charge in [0.1, 0.15) is 0 Å². The monoisotopic (exact) mass is 402 g/mol. The van der Waals surface area contributed by atoms with Crippen LogP contribution in [-0.2, 0) is 21.2 Å². The number of hydrogen-bond acceptors (Lipinski definition) is 4. The van der Waals surface area contributed by atoms with Gasteiger partial charge in [-0.25, -0.2) is 13.1 Å². The molecule has 0 saturated carbocycles. The lowest BCUT2D eigenvalue weighted by atomic mass is 10.1. The summed E-state index contributed by atoms with van der Waals surface area (Å²) in [5.74, 6) is -0.219. The third-order valence-corrected chi connectivity index (χ3v) is 6.17. The van der Waals surface area contributed by atoms with Gasteiger partial charge < -0.3 is 10.1 Å². The fourth-order valence-electron chi connectivity index (χ4n) is 3.17. The molecule has 1 aliphatic rings. The molecule has 1 fully saturated rings. The van der Waals surface area contributed by atoms with E-state index >= 15 is 0 Å². The van der Waals surface area contributed by atoms with Crippen molar-refractivity contribution in [3.05, 3.63) is 65.2 Å². The average molecular weight is 403 g/mol. The molecule has 150 valence electrons. The standard InChI is InChI=1S/C21H26N2O4S/c1-16-4-2-5-17(14-16)11-12-22-21(24)18-7-9-20(10-8-18)28(25,26)23-15-19-6-3-13-27-19/h2,4-5,7-10,14,19,23H,3,6,11-13,15H2,1H3,(H,22,24). The molecule has 0 bridgehead atoms. The van der Waals surface area contributed by atoms with Gasteiger partial charge in [0.05, 0.1) is 11.0 Å². The van der Waals surface area contributed by atoms with Gasteiger partial charge in [-0.3, -0.25) is 4.79 Å². The third-order valence-electron chi connectivity index (χ3n) is 4.73. The first-order chi connectivity index (χ1) is 13.4. The molecule has 7 heteroatoms. The maximum absolute atomic E-state index is 12.4. The molecule has 28 heavy (non-hydrogen) atoms. The quantitative estimate of drug-likeness (QED) is 0.710. The summed E-state index contributed by atoms with van der Waals surface area (Å²) in [6, 6.07) is 14.1. The lowest BCUT2D eigenvalue weighted by Gasteiger charge is -2.12. The summed E-state index contributed by atoms with van der Waals surface area (Å²) in [5.41, 5.74) is 2.79. The molecule has 2 aromatic rings. The van der Waals surface area contributed by atoms with Crippen molar-refractivity contribution in [2.45, 2.75) is 37.2 Å². The topological polar surface area (TPSA) is 84.5 Å². The van der Waals surface area contributed by atoms with E-state index in [1.807, 2.05) is 25.1 Å². The Morgan fingerprint density at radius 2 is 1.96 bits per heavy atom. The minimum Gasteiger partial charge on any atom is -0.377 e. The van der Waals surface area contributed by atoms with E-state index in [0.717, 1.165) is 19.3 Å². The molecule has 6 nitrogen and oxygen atoms in total. The van der Waals surface area contributed by atoms with Crippen LogP contribution >= 0.6 is 0 Å². The summed E-state index contributed by atoms with van der Waals surface area (Å²) in [6.45, 7) is 3.50. The second-order valence-corrected chi connectivity index (χ2v) is 8.77. The zero-order valence-corrected chi connectivity index (χ0v) is 16.8. The Morgan fingerprint density at radius 1 is 1.18 bits per heavy atom. The number of sulfonamides is 1. The van der Waals surface area contributed by atoms with Crippen LogP contribution in [0.5, 0.6) is 0 Å². The van der Waals surface area contributed by atoms with E-state index in [1.165, 1.54) is 35.4 Å². The van der Waals surface area contributed by atoms with E-state index in [0.29, 0.717) is 18.7 Å². The number of hydrogen-bond donors (Lipinski definition) is 2. The molecule has 1 atom stereocenters. The number of carbonyl (C=O) groups excluding carboxylic acids is 1. The molecule has 1 saturated heterocycles. The Kier molecular flexibility index (Phi) is 6.83. The van der Waals surface area contributed by atoms with Crippen molar-refractivity contribution in [1.82, 2.24) is 10.0 Å². The molecular weight excluding hydrogens is 376 g/mol. The molecule has 1 heterocycles. The number of ether oxygens (including phenoxy) is 1. The van der Waals surface area contributed by atoms with Gasteiger partial charge in [-0.1, -0.05) is 29.8 Å². The van der Waals surface area contributed by atoms with Gasteiger partial charge in [-0.15, -0.1) is 0 Å². The largest absolute Gasteiger partial charge is 0.377 e. The summed E-state index contributed by atoms with van der Waals surface area (Å²) in [6.07, 6.45) is 2.50. The summed E-state index contributed by atoms with van der Waals surface area (Å²) in [7, 11) is -3.61.